The molecular formula is C16H29NO2. The van der Waals surface area contributed by atoms with Gasteiger partial charge >= 0.3 is 5.97 Å². The molecule has 2 N–H and O–H groups in total. The molecule has 110 valence electrons. The molecule has 0 bridgehead atoms. The second-order valence-corrected chi connectivity index (χ2v) is 6.49. The van der Waals surface area contributed by atoms with E-state index in [0.717, 1.165) is 38.1 Å². The molecule has 2 saturated carbocycles. The maximum absolute atomic E-state index is 10.9. The van der Waals surface area contributed by atoms with E-state index in [9.17, 15) is 4.79 Å². The van der Waals surface area contributed by atoms with Crippen molar-refractivity contribution in [2.24, 2.45) is 11.8 Å². The maximum atomic E-state index is 10.9. The Morgan fingerprint density at radius 3 is 2.16 bits per heavy atom. The van der Waals surface area contributed by atoms with Crippen LogP contribution in [0.25, 0.3) is 0 Å². The van der Waals surface area contributed by atoms with Crippen LogP contribution in [-0.2, 0) is 4.79 Å². The molecule has 2 aliphatic carbocycles. The Morgan fingerprint density at radius 2 is 1.58 bits per heavy atom. The standard InChI is InChI=1S/C16H29NO2/c18-16(19)14-7-9-15(10-8-14)17-12-11-13-5-3-1-2-4-6-13/h13-15,17H,1-12H2,(H,18,19). The number of carboxylic acids is 1. The van der Waals surface area contributed by atoms with Crippen molar-refractivity contribution in [1.82, 2.24) is 5.32 Å². The van der Waals surface area contributed by atoms with Crippen LogP contribution in [0.1, 0.15) is 70.6 Å². The van der Waals surface area contributed by atoms with E-state index < -0.39 is 5.97 Å². The molecule has 0 aromatic rings. The minimum absolute atomic E-state index is 0.0834. The molecule has 0 saturated heterocycles. The van der Waals surface area contributed by atoms with Crippen LogP contribution in [0, 0.1) is 11.8 Å². The zero-order valence-electron chi connectivity index (χ0n) is 12.1. The smallest absolute Gasteiger partial charge is 0.306 e. The van der Waals surface area contributed by atoms with Gasteiger partial charge in [-0.25, -0.2) is 0 Å². The van der Waals surface area contributed by atoms with E-state index in [1.54, 1.807) is 0 Å². The van der Waals surface area contributed by atoms with Crippen LogP contribution < -0.4 is 5.32 Å². The number of hydrogen-bond acceptors (Lipinski definition) is 2. The van der Waals surface area contributed by atoms with Gasteiger partial charge in [0.1, 0.15) is 0 Å². The van der Waals surface area contributed by atoms with Crippen molar-refractivity contribution in [3.05, 3.63) is 0 Å². The Balaban J connectivity index is 1.57. The van der Waals surface area contributed by atoms with Gasteiger partial charge in [-0.1, -0.05) is 38.5 Å². The fraction of sp³-hybridized carbons (Fsp3) is 0.938. The Kier molecular flexibility index (Phi) is 6.15. The summed E-state index contributed by atoms with van der Waals surface area (Å²) in [6, 6.07) is 0.571. The van der Waals surface area contributed by atoms with Crippen LogP contribution in [0.5, 0.6) is 0 Å². The third kappa shape index (κ3) is 5.13. The number of rotatable bonds is 5. The lowest BCUT2D eigenvalue weighted by Gasteiger charge is -2.27. The van der Waals surface area contributed by atoms with Crippen LogP contribution in [0.4, 0.5) is 0 Å². The second kappa shape index (κ2) is 7.88. The first-order valence-electron chi connectivity index (χ1n) is 8.22. The molecular weight excluding hydrogens is 238 g/mol. The zero-order valence-corrected chi connectivity index (χ0v) is 12.1. The van der Waals surface area contributed by atoms with Crippen molar-refractivity contribution >= 4 is 5.97 Å². The summed E-state index contributed by atoms with van der Waals surface area (Å²) in [6.45, 7) is 1.13. The van der Waals surface area contributed by atoms with Crippen LogP contribution in [0.3, 0.4) is 0 Å². The Hall–Kier alpha value is -0.570. The van der Waals surface area contributed by atoms with Crippen LogP contribution >= 0.6 is 0 Å². The summed E-state index contributed by atoms with van der Waals surface area (Å²) in [5.74, 6) is 0.252. The van der Waals surface area contributed by atoms with Gasteiger partial charge in [-0.2, -0.15) is 0 Å². The molecule has 0 heterocycles. The lowest BCUT2D eigenvalue weighted by Crippen LogP contribution is -2.35. The molecule has 0 radical (unpaired) electrons. The number of carbonyl (C=O) groups is 1. The minimum atomic E-state index is -0.600. The molecule has 0 unspecified atom stereocenters. The topological polar surface area (TPSA) is 49.3 Å². The van der Waals surface area contributed by atoms with E-state index in [0.29, 0.717) is 6.04 Å². The lowest BCUT2D eigenvalue weighted by atomic mass is 9.86. The van der Waals surface area contributed by atoms with E-state index in [1.807, 2.05) is 0 Å². The Bertz CT molecular complexity index is 264. The van der Waals surface area contributed by atoms with Gasteiger partial charge in [0, 0.05) is 6.04 Å². The average Bonchev–Trinajstić information content (AvgIpc) is 2.68. The maximum Gasteiger partial charge on any atom is 0.306 e. The minimum Gasteiger partial charge on any atom is -0.481 e. The molecule has 3 heteroatoms. The highest BCUT2D eigenvalue weighted by molar-refractivity contribution is 5.70. The SMILES string of the molecule is O=C(O)C1CCC(NCCC2CCCCCC2)CC1. The van der Waals surface area contributed by atoms with Crippen LogP contribution in [-0.4, -0.2) is 23.7 Å². The molecule has 0 aromatic heterocycles. The van der Waals surface area contributed by atoms with E-state index >= 15 is 0 Å². The molecule has 0 spiro atoms. The van der Waals surface area contributed by atoms with Gasteiger partial charge in [0.2, 0.25) is 0 Å². The van der Waals surface area contributed by atoms with E-state index in [4.69, 9.17) is 5.11 Å². The Morgan fingerprint density at radius 1 is 0.947 bits per heavy atom. The lowest BCUT2D eigenvalue weighted by molar-refractivity contribution is -0.142. The van der Waals surface area contributed by atoms with Gasteiger partial charge in [-0.15, -0.1) is 0 Å². The van der Waals surface area contributed by atoms with Crippen molar-refractivity contribution in [1.29, 1.82) is 0 Å². The summed E-state index contributed by atoms with van der Waals surface area (Å²) in [4.78, 5) is 10.9. The van der Waals surface area contributed by atoms with Gasteiger partial charge in [-0.05, 0) is 44.6 Å². The predicted molar refractivity (Wildman–Crippen MR) is 77.2 cm³/mol. The Labute approximate surface area is 117 Å². The fourth-order valence-corrected chi connectivity index (χ4v) is 3.69. The summed E-state index contributed by atoms with van der Waals surface area (Å²) in [6.07, 6.45) is 13.7. The second-order valence-electron chi connectivity index (χ2n) is 6.49. The van der Waals surface area contributed by atoms with E-state index in [1.165, 1.54) is 44.9 Å². The van der Waals surface area contributed by atoms with Gasteiger partial charge in [0.05, 0.1) is 5.92 Å². The van der Waals surface area contributed by atoms with Crippen molar-refractivity contribution in [3.8, 4) is 0 Å². The van der Waals surface area contributed by atoms with Crippen molar-refractivity contribution in [2.45, 2.75) is 76.7 Å². The molecule has 3 nitrogen and oxygen atoms in total. The third-order valence-electron chi connectivity index (χ3n) is 5.04. The molecule has 2 aliphatic rings. The van der Waals surface area contributed by atoms with Gasteiger partial charge in [-0.3, -0.25) is 4.79 Å². The summed E-state index contributed by atoms with van der Waals surface area (Å²) >= 11 is 0. The summed E-state index contributed by atoms with van der Waals surface area (Å²) in [7, 11) is 0. The molecule has 19 heavy (non-hydrogen) atoms. The largest absolute Gasteiger partial charge is 0.481 e. The predicted octanol–water partition coefficient (Wildman–Crippen LogP) is 3.58. The van der Waals surface area contributed by atoms with Gasteiger partial charge in [0.25, 0.3) is 0 Å². The highest BCUT2D eigenvalue weighted by Crippen LogP contribution is 2.26. The highest BCUT2D eigenvalue weighted by Gasteiger charge is 2.25. The number of aliphatic carboxylic acids is 1. The quantitative estimate of drug-likeness (QED) is 0.749. The van der Waals surface area contributed by atoms with Crippen LogP contribution in [0.2, 0.25) is 0 Å². The summed E-state index contributed by atoms with van der Waals surface area (Å²) in [5.41, 5.74) is 0. The van der Waals surface area contributed by atoms with E-state index in [2.05, 4.69) is 5.32 Å². The fourth-order valence-electron chi connectivity index (χ4n) is 3.69. The van der Waals surface area contributed by atoms with Gasteiger partial charge in [0.15, 0.2) is 0 Å². The normalized spacial score (nSPS) is 29.9. The number of nitrogens with one attached hydrogen (secondary N) is 1. The first-order valence-corrected chi connectivity index (χ1v) is 8.22. The van der Waals surface area contributed by atoms with Crippen molar-refractivity contribution < 1.29 is 9.90 Å². The van der Waals surface area contributed by atoms with Crippen molar-refractivity contribution in [3.63, 3.8) is 0 Å². The summed E-state index contributed by atoms with van der Waals surface area (Å²) < 4.78 is 0. The molecule has 0 atom stereocenters. The molecule has 0 aromatic carbocycles. The van der Waals surface area contributed by atoms with Crippen LogP contribution in [0.15, 0.2) is 0 Å². The van der Waals surface area contributed by atoms with Crippen molar-refractivity contribution in [2.75, 3.05) is 6.54 Å². The summed E-state index contributed by atoms with van der Waals surface area (Å²) in [5, 5.41) is 12.6. The monoisotopic (exact) mass is 267 g/mol. The first-order chi connectivity index (χ1) is 9.25. The molecule has 0 amide bonds. The van der Waals surface area contributed by atoms with E-state index in [-0.39, 0.29) is 5.92 Å². The molecule has 0 aliphatic heterocycles. The number of hydrogen-bond donors (Lipinski definition) is 2. The highest BCUT2D eigenvalue weighted by atomic mass is 16.4. The zero-order chi connectivity index (χ0) is 13.5. The molecule has 2 fully saturated rings. The van der Waals surface area contributed by atoms with Gasteiger partial charge < -0.3 is 10.4 Å². The number of carboxylic acid groups (broad SMARTS) is 1. The third-order valence-corrected chi connectivity index (χ3v) is 5.04. The first kappa shape index (κ1) is 14.8. The molecule has 2 rings (SSSR count). The average molecular weight is 267 g/mol.